The molecule has 1 N–H and O–H groups in total. The molecule has 16 heavy (non-hydrogen) atoms. The molecule has 88 valence electrons. The van der Waals surface area contributed by atoms with Crippen LogP contribution in [-0.2, 0) is 11.2 Å². The fraction of sp³-hybridized carbons (Fsp3) is 0.462. The molecule has 2 nitrogen and oxygen atoms in total. The molecule has 0 heterocycles. The van der Waals surface area contributed by atoms with Crippen LogP contribution >= 0.6 is 15.9 Å². The molecule has 0 saturated carbocycles. The van der Waals surface area contributed by atoms with Crippen molar-refractivity contribution in [2.75, 3.05) is 6.54 Å². The Morgan fingerprint density at radius 2 is 1.94 bits per heavy atom. The topological polar surface area (TPSA) is 29.1 Å². The molecule has 1 rings (SSSR count). The molecule has 1 aromatic carbocycles. The quantitative estimate of drug-likeness (QED) is 0.828. The second-order valence-corrected chi connectivity index (χ2v) is 5.16. The highest BCUT2D eigenvalue weighted by Crippen LogP contribution is 2.11. The molecule has 0 aliphatic carbocycles. The standard InChI is InChI=1S/C13H18BrNO/c1-10(2)12(14)13(16)15-9-8-11-6-4-3-5-7-11/h3-7,10,12H,8-9H2,1-2H3,(H,15,16). The first-order valence-corrected chi connectivity index (χ1v) is 6.48. The number of rotatable bonds is 5. The van der Waals surface area contributed by atoms with Crippen molar-refractivity contribution < 1.29 is 4.79 Å². The van der Waals surface area contributed by atoms with E-state index < -0.39 is 0 Å². The number of hydrogen-bond acceptors (Lipinski definition) is 1. The summed E-state index contributed by atoms with van der Waals surface area (Å²) in [6.45, 7) is 4.74. The Labute approximate surface area is 106 Å². The number of carbonyl (C=O) groups excluding carboxylic acids is 1. The molecule has 0 fully saturated rings. The second-order valence-electron chi connectivity index (χ2n) is 4.17. The van der Waals surface area contributed by atoms with Gasteiger partial charge < -0.3 is 5.32 Å². The van der Waals surface area contributed by atoms with E-state index in [1.165, 1.54) is 5.56 Å². The summed E-state index contributed by atoms with van der Waals surface area (Å²) >= 11 is 3.38. The van der Waals surface area contributed by atoms with Crippen molar-refractivity contribution in [3.8, 4) is 0 Å². The van der Waals surface area contributed by atoms with Crippen LogP contribution in [0.2, 0.25) is 0 Å². The van der Waals surface area contributed by atoms with E-state index in [1.54, 1.807) is 0 Å². The Morgan fingerprint density at radius 1 is 1.31 bits per heavy atom. The van der Waals surface area contributed by atoms with Gasteiger partial charge in [-0.05, 0) is 17.9 Å². The number of alkyl halides is 1. The average molecular weight is 284 g/mol. The molecule has 0 aliphatic heterocycles. The molecule has 3 heteroatoms. The molecule has 1 aromatic rings. The van der Waals surface area contributed by atoms with Crippen molar-refractivity contribution in [2.45, 2.75) is 25.1 Å². The first-order chi connectivity index (χ1) is 7.61. The predicted octanol–water partition coefficient (Wildman–Crippen LogP) is 2.76. The summed E-state index contributed by atoms with van der Waals surface area (Å²) in [5.74, 6) is 0.391. The Balaban J connectivity index is 2.28. The third kappa shape index (κ3) is 4.35. The van der Waals surface area contributed by atoms with Gasteiger partial charge in [-0.2, -0.15) is 0 Å². The van der Waals surface area contributed by atoms with Crippen LogP contribution in [0.4, 0.5) is 0 Å². The van der Waals surface area contributed by atoms with Crippen LogP contribution in [0.1, 0.15) is 19.4 Å². The third-order valence-electron chi connectivity index (χ3n) is 2.39. The van der Waals surface area contributed by atoms with E-state index in [9.17, 15) is 4.79 Å². The normalized spacial score (nSPS) is 12.5. The zero-order valence-corrected chi connectivity index (χ0v) is 11.3. The van der Waals surface area contributed by atoms with E-state index in [0.29, 0.717) is 12.5 Å². The first-order valence-electron chi connectivity index (χ1n) is 5.57. The Bertz CT molecular complexity index is 324. The highest BCUT2D eigenvalue weighted by atomic mass is 79.9. The van der Waals surface area contributed by atoms with Gasteiger partial charge in [-0.1, -0.05) is 60.1 Å². The smallest absolute Gasteiger partial charge is 0.234 e. The minimum absolute atomic E-state index is 0.0749. The molecule has 1 unspecified atom stereocenters. The summed E-state index contributed by atoms with van der Waals surface area (Å²) in [5.41, 5.74) is 1.25. The van der Waals surface area contributed by atoms with Crippen LogP contribution < -0.4 is 5.32 Å². The maximum Gasteiger partial charge on any atom is 0.234 e. The van der Waals surface area contributed by atoms with Crippen molar-refractivity contribution in [1.82, 2.24) is 5.32 Å². The highest BCUT2D eigenvalue weighted by molar-refractivity contribution is 9.10. The molecule has 1 atom stereocenters. The zero-order chi connectivity index (χ0) is 12.0. The van der Waals surface area contributed by atoms with Gasteiger partial charge in [0.2, 0.25) is 5.91 Å². The number of nitrogens with one attached hydrogen (secondary N) is 1. The lowest BCUT2D eigenvalue weighted by atomic mass is 10.1. The van der Waals surface area contributed by atoms with E-state index in [1.807, 2.05) is 32.0 Å². The number of hydrogen-bond donors (Lipinski definition) is 1. The average Bonchev–Trinajstić information content (AvgIpc) is 2.29. The van der Waals surface area contributed by atoms with Gasteiger partial charge in [0, 0.05) is 6.54 Å². The zero-order valence-electron chi connectivity index (χ0n) is 9.74. The third-order valence-corrected chi connectivity index (χ3v) is 3.86. The molecule has 0 spiro atoms. The Kier molecular flexibility index (Phi) is 5.53. The van der Waals surface area contributed by atoms with Crippen molar-refractivity contribution >= 4 is 21.8 Å². The van der Waals surface area contributed by atoms with Crippen molar-refractivity contribution in [2.24, 2.45) is 5.92 Å². The largest absolute Gasteiger partial charge is 0.355 e. The van der Waals surface area contributed by atoms with Gasteiger partial charge in [0.15, 0.2) is 0 Å². The van der Waals surface area contributed by atoms with E-state index >= 15 is 0 Å². The van der Waals surface area contributed by atoms with Gasteiger partial charge in [0.25, 0.3) is 0 Å². The minimum Gasteiger partial charge on any atom is -0.355 e. The number of benzene rings is 1. The number of carbonyl (C=O) groups is 1. The van der Waals surface area contributed by atoms with E-state index in [0.717, 1.165) is 6.42 Å². The van der Waals surface area contributed by atoms with Crippen molar-refractivity contribution in [1.29, 1.82) is 0 Å². The molecular weight excluding hydrogens is 266 g/mol. The van der Waals surface area contributed by atoms with Crippen LogP contribution in [0.5, 0.6) is 0 Å². The molecule has 0 aliphatic rings. The SMILES string of the molecule is CC(C)C(Br)C(=O)NCCc1ccccc1. The van der Waals surface area contributed by atoms with Gasteiger partial charge in [0.05, 0.1) is 4.83 Å². The van der Waals surface area contributed by atoms with Crippen LogP contribution in [-0.4, -0.2) is 17.3 Å². The lowest BCUT2D eigenvalue weighted by Gasteiger charge is -2.13. The van der Waals surface area contributed by atoms with Crippen molar-refractivity contribution in [3.63, 3.8) is 0 Å². The summed E-state index contributed by atoms with van der Waals surface area (Å²) in [5, 5.41) is 2.93. The first kappa shape index (κ1) is 13.2. The van der Waals surface area contributed by atoms with Crippen LogP contribution in [0.25, 0.3) is 0 Å². The fourth-order valence-corrected chi connectivity index (χ4v) is 1.54. The molecule has 0 radical (unpaired) electrons. The Hall–Kier alpha value is -0.830. The monoisotopic (exact) mass is 283 g/mol. The number of amides is 1. The maximum absolute atomic E-state index is 11.6. The van der Waals surface area contributed by atoms with Gasteiger partial charge in [-0.3, -0.25) is 4.79 Å². The van der Waals surface area contributed by atoms with E-state index in [2.05, 4.69) is 33.4 Å². The molecule has 0 bridgehead atoms. The summed E-state index contributed by atoms with van der Waals surface area (Å²) in [6, 6.07) is 10.2. The predicted molar refractivity (Wildman–Crippen MR) is 70.7 cm³/mol. The van der Waals surface area contributed by atoms with Gasteiger partial charge in [0.1, 0.15) is 0 Å². The van der Waals surface area contributed by atoms with E-state index in [-0.39, 0.29) is 10.7 Å². The van der Waals surface area contributed by atoms with E-state index in [4.69, 9.17) is 0 Å². The van der Waals surface area contributed by atoms with Crippen molar-refractivity contribution in [3.05, 3.63) is 35.9 Å². The lowest BCUT2D eigenvalue weighted by molar-refractivity contribution is -0.121. The molecular formula is C13H18BrNO. The maximum atomic E-state index is 11.6. The number of halogens is 1. The molecule has 0 saturated heterocycles. The minimum atomic E-state index is -0.0942. The van der Waals surface area contributed by atoms with Crippen LogP contribution in [0.3, 0.4) is 0 Å². The summed E-state index contributed by atoms with van der Waals surface area (Å²) in [6.07, 6.45) is 0.879. The molecule has 0 aromatic heterocycles. The lowest BCUT2D eigenvalue weighted by Crippen LogP contribution is -2.35. The van der Waals surface area contributed by atoms with Gasteiger partial charge >= 0.3 is 0 Å². The second kappa shape index (κ2) is 6.69. The van der Waals surface area contributed by atoms with Gasteiger partial charge in [-0.15, -0.1) is 0 Å². The Morgan fingerprint density at radius 3 is 2.50 bits per heavy atom. The van der Waals surface area contributed by atoms with Gasteiger partial charge in [-0.25, -0.2) is 0 Å². The summed E-state index contributed by atoms with van der Waals surface area (Å²) in [7, 11) is 0. The highest BCUT2D eigenvalue weighted by Gasteiger charge is 2.17. The molecule has 1 amide bonds. The summed E-state index contributed by atoms with van der Waals surface area (Å²) < 4.78 is 0. The van der Waals surface area contributed by atoms with Crippen LogP contribution in [0.15, 0.2) is 30.3 Å². The fourth-order valence-electron chi connectivity index (χ4n) is 1.37. The summed E-state index contributed by atoms with van der Waals surface area (Å²) in [4.78, 5) is 11.5. The van der Waals surface area contributed by atoms with Crippen LogP contribution in [0, 0.1) is 5.92 Å².